The number of amides is 2. The van der Waals surface area contributed by atoms with Gasteiger partial charge in [0.25, 0.3) is 5.91 Å². The molecule has 1 aromatic rings. The van der Waals surface area contributed by atoms with Crippen molar-refractivity contribution in [3.05, 3.63) is 29.3 Å². The molecule has 0 aliphatic rings. The van der Waals surface area contributed by atoms with E-state index in [1.807, 2.05) is 13.8 Å². The van der Waals surface area contributed by atoms with E-state index in [0.29, 0.717) is 0 Å². The second-order valence-corrected chi connectivity index (χ2v) is 5.01. The second kappa shape index (κ2) is 7.15. The Morgan fingerprint density at radius 3 is 2.41 bits per heavy atom. The van der Waals surface area contributed by atoms with Crippen LogP contribution in [0, 0.1) is 0 Å². The minimum Gasteiger partial charge on any atom is -0.507 e. The van der Waals surface area contributed by atoms with E-state index in [4.69, 9.17) is 0 Å². The molecule has 0 saturated heterocycles. The van der Waals surface area contributed by atoms with Crippen molar-refractivity contribution >= 4 is 11.8 Å². The number of halogens is 3. The Morgan fingerprint density at radius 1 is 1.23 bits per heavy atom. The average Bonchev–Trinajstić information content (AvgIpc) is 2.42. The van der Waals surface area contributed by atoms with Gasteiger partial charge in [0.2, 0.25) is 5.91 Å². The molecule has 0 aromatic heterocycles. The molecule has 0 atom stereocenters. The summed E-state index contributed by atoms with van der Waals surface area (Å²) in [4.78, 5) is 23.1. The highest BCUT2D eigenvalue weighted by Crippen LogP contribution is 2.23. The minimum atomic E-state index is -4.51. The fourth-order valence-electron chi connectivity index (χ4n) is 1.61. The van der Waals surface area contributed by atoms with Crippen molar-refractivity contribution in [2.75, 3.05) is 13.1 Å². The van der Waals surface area contributed by atoms with Crippen molar-refractivity contribution in [3.8, 4) is 5.75 Å². The quantitative estimate of drug-likeness (QED) is 0.776. The van der Waals surface area contributed by atoms with Crippen LogP contribution >= 0.6 is 0 Å². The highest BCUT2D eigenvalue weighted by atomic mass is 19.4. The number of nitrogens with one attached hydrogen (secondary N) is 2. The maximum Gasteiger partial charge on any atom is 0.405 e. The van der Waals surface area contributed by atoms with Gasteiger partial charge in [-0.3, -0.25) is 9.59 Å². The second-order valence-electron chi connectivity index (χ2n) is 5.01. The van der Waals surface area contributed by atoms with Crippen molar-refractivity contribution in [3.63, 3.8) is 0 Å². The van der Waals surface area contributed by atoms with Crippen molar-refractivity contribution in [1.82, 2.24) is 10.6 Å². The Balaban J connectivity index is 2.62. The normalized spacial score (nSPS) is 11.4. The lowest BCUT2D eigenvalue weighted by Gasteiger charge is -2.11. The van der Waals surface area contributed by atoms with Gasteiger partial charge in [0.05, 0.1) is 12.1 Å². The summed E-state index contributed by atoms with van der Waals surface area (Å²) < 4.78 is 35.8. The fourth-order valence-corrected chi connectivity index (χ4v) is 1.61. The van der Waals surface area contributed by atoms with Crippen LogP contribution < -0.4 is 10.6 Å². The molecule has 5 nitrogen and oxygen atoms in total. The molecular formula is C14H17F3N2O3. The Hall–Kier alpha value is -2.25. The lowest BCUT2D eigenvalue weighted by molar-refractivity contribution is -0.137. The highest BCUT2D eigenvalue weighted by Gasteiger charge is 2.27. The SMILES string of the molecule is CC(C)c1ccc(O)c(C(=O)NCC(=O)NCC(F)(F)F)c1. The van der Waals surface area contributed by atoms with E-state index in [1.54, 1.807) is 11.4 Å². The number of phenolic OH excluding ortho intramolecular Hbond substituents is 1. The number of rotatable bonds is 5. The van der Waals surface area contributed by atoms with E-state index >= 15 is 0 Å². The number of carbonyl (C=O) groups excluding carboxylic acids is 2. The van der Waals surface area contributed by atoms with Crippen LogP contribution in [0.15, 0.2) is 18.2 Å². The number of alkyl halides is 3. The standard InChI is InChI=1S/C14H17F3N2O3/c1-8(2)9-3-4-11(20)10(5-9)13(22)18-6-12(21)19-7-14(15,16)17/h3-5,8,20H,6-7H2,1-2H3,(H,18,22)(H,19,21). The summed E-state index contributed by atoms with van der Waals surface area (Å²) in [5, 5.41) is 13.4. The van der Waals surface area contributed by atoms with Gasteiger partial charge in [0, 0.05) is 0 Å². The van der Waals surface area contributed by atoms with Crippen LogP contribution in [0.2, 0.25) is 0 Å². The molecule has 3 N–H and O–H groups in total. The summed E-state index contributed by atoms with van der Waals surface area (Å²) in [6.07, 6.45) is -4.51. The molecule has 0 saturated carbocycles. The lowest BCUT2D eigenvalue weighted by Crippen LogP contribution is -2.40. The van der Waals surface area contributed by atoms with E-state index in [-0.39, 0.29) is 17.2 Å². The Morgan fingerprint density at radius 2 is 1.86 bits per heavy atom. The summed E-state index contributed by atoms with van der Waals surface area (Å²) in [5.74, 6) is -1.84. The molecule has 8 heteroatoms. The third-order valence-electron chi connectivity index (χ3n) is 2.83. The number of hydrogen-bond donors (Lipinski definition) is 3. The molecule has 0 aliphatic heterocycles. The van der Waals surface area contributed by atoms with Gasteiger partial charge in [-0.1, -0.05) is 19.9 Å². The molecular weight excluding hydrogens is 301 g/mol. The Labute approximate surface area is 125 Å². The zero-order valence-electron chi connectivity index (χ0n) is 12.1. The molecule has 0 unspecified atom stereocenters. The molecule has 2 amide bonds. The zero-order chi connectivity index (χ0) is 16.9. The minimum absolute atomic E-state index is 0.0326. The molecule has 22 heavy (non-hydrogen) atoms. The number of phenols is 1. The van der Waals surface area contributed by atoms with Crippen LogP contribution in [-0.4, -0.2) is 36.2 Å². The van der Waals surface area contributed by atoms with E-state index in [9.17, 15) is 27.9 Å². The van der Waals surface area contributed by atoms with Gasteiger partial charge in [-0.2, -0.15) is 13.2 Å². The van der Waals surface area contributed by atoms with Crippen LogP contribution in [0.25, 0.3) is 0 Å². The first-order chi connectivity index (χ1) is 10.1. The van der Waals surface area contributed by atoms with Crippen LogP contribution in [-0.2, 0) is 4.79 Å². The van der Waals surface area contributed by atoms with Gasteiger partial charge in [-0.15, -0.1) is 0 Å². The topological polar surface area (TPSA) is 78.4 Å². The van der Waals surface area contributed by atoms with Gasteiger partial charge in [0.1, 0.15) is 12.3 Å². The molecule has 0 fully saturated rings. The first kappa shape index (κ1) is 17.8. The molecule has 0 heterocycles. The molecule has 1 aromatic carbocycles. The predicted octanol–water partition coefficient (Wildman–Crippen LogP) is 1.92. The summed E-state index contributed by atoms with van der Waals surface area (Å²) in [6.45, 7) is 1.73. The van der Waals surface area contributed by atoms with E-state index < -0.39 is 31.1 Å². The fraction of sp³-hybridized carbons (Fsp3) is 0.429. The number of hydrogen-bond acceptors (Lipinski definition) is 3. The van der Waals surface area contributed by atoms with Gasteiger partial charge < -0.3 is 15.7 Å². The van der Waals surface area contributed by atoms with Crippen molar-refractivity contribution < 1.29 is 27.9 Å². The first-order valence-corrected chi connectivity index (χ1v) is 6.54. The van der Waals surface area contributed by atoms with Gasteiger partial charge in [0.15, 0.2) is 0 Å². The molecule has 0 radical (unpaired) electrons. The number of aromatic hydroxyl groups is 1. The third kappa shape index (κ3) is 5.63. The highest BCUT2D eigenvalue weighted by molar-refractivity contribution is 5.98. The smallest absolute Gasteiger partial charge is 0.405 e. The third-order valence-corrected chi connectivity index (χ3v) is 2.83. The predicted molar refractivity (Wildman–Crippen MR) is 73.6 cm³/mol. The van der Waals surface area contributed by atoms with Crippen LogP contribution in [0.1, 0.15) is 35.7 Å². The molecule has 0 aliphatic carbocycles. The summed E-state index contributed by atoms with van der Waals surface area (Å²) in [6, 6.07) is 4.49. The van der Waals surface area contributed by atoms with Crippen molar-refractivity contribution in [2.24, 2.45) is 0 Å². The maximum atomic E-state index is 11.9. The van der Waals surface area contributed by atoms with E-state index in [0.717, 1.165) is 5.56 Å². The molecule has 122 valence electrons. The first-order valence-electron chi connectivity index (χ1n) is 6.54. The Kier molecular flexibility index (Phi) is 5.78. The van der Waals surface area contributed by atoms with Gasteiger partial charge in [-0.25, -0.2) is 0 Å². The molecule has 0 bridgehead atoms. The number of benzene rings is 1. The average molecular weight is 318 g/mol. The number of carbonyl (C=O) groups is 2. The molecule has 0 spiro atoms. The summed E-state index contributed by atoms with van der Waals surface area (Å²) in [5.41, 5.74) is 0.777. The zero-order valence-corrected chi connectivity index (χ0v) is 12.1. The van der Waals surface area contributed by atoms with Crippen LogP contribution in [0.4, 0.5) is 13.2 Å². The molecule has 1 rings (SSSR count). The Bertz CT molecular complexity index is 557. The van der Waals surface area contributed by atoms with Gasteiger partial charge in [-0.05, 0) is 23.6 Å². The maximum absolute atomic E-state index is 11.9. The van der Waals surface area contributed by atoms with E-state index in [2.05, 4.69) is 5.32 Å². The van der Waals surface area contributed by atoms with Crippen molar-refractivity contribution in [1.29, 1.82) is 0 Å². The monoisotopic (exact) mass is 318 g/mol. The summed E-state index contributed by atoms with van der Waals surface area (Å²) >= 11 is 0. The van der Waals surface area contributed by atoms with E-state index in [1.165, 1.54) is 12.1 Å². The lowest BCUT2D eigenvalue weighted by atomic mass is 10.00. The van der Waals surface area contributed by atoms with Crippen LogP contribution in [0.3, 0.4) is 0 Å². The van der Waals surface area contributed by atoms with Gasteiger partial charge >= 0.3 is 6.18 Å². The van der Waals surface area contributed by atoms with Crippen molar-refractivity contribution in [2.45, 2.75) is 25.9 Å². The van der Waals surface area contributed by atoms with Crippen LogP contribution in [0.5, 0.6) is 5.75 Å². The largest absolute Gasteiger partial charge is 0.507 e. The summed E-state index contributed by atoms with van der Waals surface area (Å²) in [7, 11) is 0.